The molecule has 0 saturated carbocycles. The summed E-state index contributed by atoms with van der Waals surface area (Å²) in [5.74, 6) is -4.06. The van der Waals surface area contributed by atoms with Crippen molar-refractivity contribution in [3.05, 3.63) is 22.7 Å². The average molecular weight is 413 g/mol. The molecule has 0 N–H and O–H groups in total. The lowest BCUT2D eigenvalue weighted by molar-refractivity contribution is -0.189. The SMILES string of the molecule is COc1cc(C(=O)O[Si](C)(C)C(C)(C)C)cc(Cl)c1OC(=O)C(F)(F)F. The summed E-state index contributed by atoms with van der Waals surface area (Å²) in [6.07, 6.45) is -5.20. The van der Waals surface area contributed by atoms with Crippen LogP contribution < -0.4 is 9.47 Å². The van der Waals surface area contributed by atoms with Crippen molar-refractivity contribution in [2.24, 2.45) is 0 Å². The normalized spacial score (nSPS) is 12.5. The minimum atomic E-state index is -5.20. The number of rotatable bonds is 4. The maximum atomic E-state index is 12.4. The summed E-state index contributed by atoms with van der Waals surface area (Å²) < 4.78 is 51.9. The summed E-state index contributed by atoms with van der Waals surface area (Å²) in [5.41, 5.74) is -0.0246. The number of ether oxygens (including phenoxy) is 2. The second-order valence-corrected chi connectivity index (χ2v) is 12.2. The molecule has 10 heteroatoms. The van der Waals surface area contributed by atoms with E-state index in [0.717, 1.165) is 19.2 Å². The van der Waals surface area contributed by atoms with E-state index < -0.39 is 32.2 Å². The van der Waals surface area contributed by atoms with Gasteiger partial charge in [0.1, 0.15) is 0 Å². The van der Waals surface area contributed by atoms with Gasteiger partial charge in [0, 0.05) is 0 Å². The van der Waals surface area contributed by atoms with E-state index in [2.05, 4.69) is 4.74 Å². The third-order valence-corrected chi connectivity index (χ3v) is 8.63. The van der Waals surface area contributed by atoms with Gasteiger partial charge in [0.2, 0.25) is 0 Å². The first-order chi connectivity index (χ1) is 11.6. The molecule has 26 heavy (non-hydrogen) atoms. The number of hydrogen-bond acceptors (Lipinski definition) is 5. The van der Waals surface area contributed by atoms with E-state index in [1.165, 1.54) is 0 Å². The molecule has 146 valence electrons. The predicted molar refractivity (Wildman–Crippen MR) is 92.3 cm³/mol. The fraction of sp³-hybridized carbons (Fsp3) is 0.500. The molecule has 0 aromatic heterocycles. The van der Waals surface area contributed by atoms with E-state index >= 15 is 0 Å². The van der Waals surface area contributed by atoms with Gasteiger partial charge in [0.25, 0.3) is 8.32 Å². The van der Waals surface area contributed by atoms with E-state index in [-0.39, 0.29) is 21.4 Å². The van der Waals surface area contributed by atoms with Crippen LogP contribution in [0, 0.1) is 0 Å². The molecule has 0 atom stereocenters. The highest BCUT2D eigenvalue weighted by Crippen LogP contribution is 2.40. The van der Waals surface area contributed by atoms with Gasteiger partial charge in [0.05, 0.1) is 17.7 Å². The standard InChI is InChI=1S/C16H20ClF3O5Si/c1-15(2,3)26(5,6)25-13(21)9-7-10(17)12(11(8-9)23-4)24-14(22)16(18,19)20/h7-8H,1-6H3. The highest BCUT2D eigenvalue weighted by molar-refractivity contribution is 6.75. The molecule has 0 aliphatic carbocycles. The Morgan fingerprint density at radius 1 is 1.12 bits per heavy atom. The summed E-state index contributed by atoms with van der Waals surface area (Å²) in [7, 11) is -1.29. The van der Waals surface area contributed by atoms with Crippen LogP contribution in [0.5, 0.6) is 11.5 Å². The Morgan fingerprint density at radius 3 is 2.08 bits per heavy atom. The van der Waals surface area contributed by atoms with Crippen LogP contribution in [0.1, 0.15) is 31.1 Å². The Morgan fingerprint density at radius 2 is 1.65 bits per heavy atom. The van der Waals surface area contributed by atoms with Gasteiger partial charge in [-0.15, -0.1) is 0 Å². The van der Waals surface area contributed by atoms with Crippen LogP contribution in [0.4, 0.5) is 13.2 Å². The molecule has 0 heterocycles. The minimum Gasteiger partial charge on any atom is -0.516 e. The lowest BCUT2D eigenvalue weighted by Gasteiger charge is -2.35. The Bertz CT molecular complexity index is 711. The largest absolute Gasteiger partial charge is 0.516 e. The van der Waals surface area contributed by atoms with Crippen LogP contribution in [0.2, 0.25) is 23.2 Å². The molecule has 0 unspecified atom stereocenters. The van der Waals surface area contributed by atoms with E-state index in [1.807, 2.05) is 33.9 Å². The van der Waals surface area contributed by atoms with Crippen molar-refractivity contribution < 1.29 is 36.7 Å². The molecular formula is C16H20ClF3O5Si. The zero-order valence-corrected chi connectivity index (χ0v) is 17.0. The molecule has 1 aromatic rings. The quantitative estimate of drug-likeness (QED) is 0.396. The van der Waals surface area contributed by atoms with Crippen LogP contribution in [-0.2, 0) is 9.22 Å². The lowest BCUT2D eigenvalue weighted by atomic mass is 10.2. The van der Waals surface area contributed by atoms with Crippen LogP contribution in [0.25, 0.3) is 0 Å². The number of benzene rings is 1. The number of alkyl halides is 3. The average Bonchev–Trinajstić information content (AvgIpc) is 2.46. The minimum absolute atomic E-state index is 0.0246. The first kappa shape index (κ1) is 22.3. The van der Waals surface area contributed by atoms with Gasteiger partial charge in [0.15, 0.2) is 11.5 Å². The van der Waals surface area contributed by atoms with Crippen LogP contribution in [0.15, 0.2) is 12.1 Å². The highest BCUT2D eigenvalue weighted by Gasteiger charge is 2.43. The third-order valence-electron chi connectivity index (χ3n) is 4.05. The van der Waals surface area contributed by atoms with E-state index in [0.29, 0.717) is 0 Å². The van der Waals surface area contributed by atoms with Gasteiger partial charge >= 0.3 is 18.1 Å². The van der Waals surface area contributed by atoms with Crippen molar-refractivity contribution in [1.29, 1.82) is 0 Å². The molecule has 0 spiro atoms. The van der Waals surface area contributed by atoms with Crippen molar-refractivity contribution in [1.82, 2.24) is 0 Å². The molecule has 0 aliphatic rings. The predicted octanol–water partition coefficient (Wildman–Crippen LogP) is 4.98. The van der Waals surface area contributed by atoms with Crippen LogP contribution in [-0.4, -0.2) is 33.5 Å². The first-order valence-electron chi connectivity index (χ1n) is 7.50. The topological polar surface area (TPSA) is 61.8 Å². The van der Waals surface area contributed by atoms with Gasteiger partial charge in [-0.3, -0.25) is 0 Å². The number of esters is 1. The first-order valence-corrected chi connectivity index (χ1v) is 10.8. The molecule has 1 rings (SSSR count). The number of carbonyl (C=O) groups is 2. The van der Waals surface area contributed by atoms with Gasteiger partial charge in [-0.05, 0) is 30.3 Å². The Kier molecular flexibility index (Phi) is 6.41. The molecule has 0 amide bonds. The molecule has 0 bridgehead atoms. The van der Waals surface area contributed by atoms with Crippen LogP contribution >= 0.6 is 11.6 Å². The van der Waals surface area contributed by atoms with Crippen molar-refractivity contribution in [3.63, 3.8) is 0 Å². The summed E-state index contributed by atoms with van der Waals surface area (Å²) in [5, 5.41) is -0.622. The number of methoxy groups -OCH3 is 1. The number of hydrogen-bond donors (Lipinski definition) is 0. The fourth-order valence-corrected chi connectivity index (χ4v) is 2.67. The molecule has 0 aliphatic heterocycles. The van der Waals surface area contributed by atoms with Gasteiger partial charge < -0.3 is 13.9 Å². The maximum absolute atomic E-state index is 12.4. The van der Waals surface area contributed by atoms with Crippen molar-refractivity contribution >= 4 is 31.9 Å². The zero-order chi connectivity index (χ0) is 20.5. The van der Waals surface area contributed by atoms with Gasteiger partial charge in [-0.25, -0.2) is 9.59 Å². The van der Waals surface area contributed by atoms with Crippen molar-refractivity contribution in [2.45, 2.75) is 45.1 Å². The fourth-order valence-electron chi connectivity index (χ4n) is 1.53. The maximum Gasteiger partial charge on any atom is 0.491 e. The van der Waals surface area contributed by atoms with Gasteiger partial charge in [-0.2, -0.15) is 13.2 Å². The monoisotopic (exact) mass is 412 g/mol. The zero-order valence-electron chi connectivity index (χ0n) is 15.2. The molecular weight excluding hydrogens is 393 g/mol. The second kappa shape index (κ2) is 7.48. The van der Waals surface area contributed by atoms with Crippen LogP contribution in [0.3, 0.4) is 0 Å². The van der Waals surface area contributed by atoms with Crippen molar-refractivity contribution in [3.8, 4) is 11.5 Å². The van der Waals surface area contributed by atoms with Crippen molar-refractivity contribution in [2.75, 3.05) is 7.11 Å². The second-order valence-electron chi connectivity index (χ2n) is 7.03. The molecule has 0 saturated heterocycles. The lowest BCUT2D eigenvalue weighted by Crippen LogP contribution is -2.42. The van der Waals surface area contributed by atoms with Gasteiger partial charge in [-0.1, -0.05) is 32.4 Å². The molecule has 0 fully saturated rings. The summed E-state index contributed by atoms with van der Waals surface area (Å²) in [6.45, 7) is 9.56. The summed E-state index contributed by atoms with van der Waals surface area (Å²) in [4.78, 5) is 23.5. The Hall–Kier alpha value is -1.74. The van der Waals surface area contributed by atoms with E-state index in [4.69, 9.17) is 20.8 Å². The van der Waals surface area contributed by atoms with E-state index in [9.17, 15) is 22.8 Å². The summed E-state index contributed by atoms with van der Waals surface area (Å²) in [6, 6.07) is 2.18. The number of carbonyl (C=O) groups excluding carboxylic acids is 2. The summed E-state index contributed by atoms with van der Waals surface area (Å²) >= 11 is 5.89. The Balaban J connectivity index is 3.20. The number of halogens is 4. The highest BCUT2D eigenvalue weighted by atomic mass is 35.5. The Labute approximate surface area is 155 Å². The van der Waals surface area contributed by atoms with E-state index in [1.54, 1.807) is 0 Å². The molecule has 0 radical (unpaired) electrons. The molecule has 5 nitrogen and oxygen atoms in total. The smallest absolute Gasteiger partial charge is 0.491 e. The molecule has 1 aromatic carbocycles. The third kappa shape index (κ3) is 5.13.